The molecule has 0 atom stereocenters. The molecule has 1 aliphatic heterocycles. The Labute approximate surface area is 166 Å². The summed E-state index contributed by atoms with van der Waals surface area (Å²) in [5.41, 5.74) is 1.02. The lowest BCUT2D eigenvalue weighted by molar-refractivity contribution is -0.132. The first-order valence-corrected chi connectivity index (χ1v) is 9.99. The van der Waals surface area contributed by atoms with E-state index >= 15 is 0 Å². The van der Waals surface area contributed by atoms with Crippen LogP contribution in [-0.2, 0) is 16.0 Å². The SMILES string of the molecule is O=C(Cc1ccccc1)NC1CCN(C(=O)CCCOc2ccccc2)CC1. The maximum Gasteiger partial charge on any atom is 0.224 e. The van der Waals surface area contributed by atoms with Gasteiger partial charge in [-0.25, -0.2) is 0 Å². The van der Waals surface area contributed by atoms with Crippen molar-refractivity contribution in [1.82, 2.24) is 10.2 Å². The van der Waals surface area contributed by atoms with E-state index in [2.05, 4.69) is 5.32 Å². The van der Waals surface area contributed by atoms with Crippen molar-refractivity contribution in [1.29, 1.82) is 0 Å². The Morgan fingerprint density at radius 3 is 2.29 bits per heavy atom. The fourth-order valence-electron chi connectivity index (χ4n) is 3.42. The summed E-state index contributed by atoms with van der Waals surface area (Å²) in [5.74, 6) is 1.06. The smallest absolute Gasteiger partial charge is 0.224 e. The zero-order valence-electron chi connectivity index (χ0n) is 16.2. The van der Waals surface area contributed by atoms with E-state index in [1.807, 2.05) is 65.6 Å². The van der Waals surface area contributed by atoms with Gasteiger partial charge in [0.1, 0.15) is 5.75 Å². The molecule has 0 aliphatic carbocycles. The van der Waals surface area contributed by atoms with Gasteiger partial charge in [0.15, 0.2) is 0 Å². The van der Waals surface area contributed by atoms with Crippen molar-refractivity contribution in [2.45, 2.75) is 38.1 Å². The molecule has 3 rings (SSSR count). The minimum atomic E-state index is 0.0500. The van der Waals surface area contributed by atoms with Crippen LogP contribution in [0.25, 0.3) is 0 Å². The molecular weight excluding hydrogens is 352 g/mol. The predicted octanol–water partition coefficient (Wildman–Crippen LogP) is 3.20. The minimum Gasteiger partial charge on any atom is -0.494 e. The molecule has 2 aromatic rings. The van der Waals surface area contributed by atoms with Gasteiger partial charge in [0.25, 0.3) is 0 Å². The topological polar surface area (TPSA) is 58.6 Å². The summed E-state index contributed by atoms with van der Waals surface area (Å²) in [6.07, 6.45) is 3.24. The van der Waals surface area contributed by atoms with Crippen LogP contribution in [0.1, 0.15) is 31.2 Å². The minimum absolute atomic E-state index is 0.0500. The molecule has 1 aliphatic rings. The van der Waals surface area contributed by atoms with Crippen LogP contribution in [0.4, 0.5) is 0 Å². The predicted molar refractivity (Wildman–Crippen MR) is 109 cm³/mol. The molecule has 2 aromatic carbocycles. The molecule has 1 N–H and O–H groups in total. The van der Waals surface area contributed by atoms with Gasteiger partial charge < -0.3 is 15.0 Å². The Kier molecular flexibility index (Phi) is 7.47. The lowest BCUT2D eigenvalue weighted by Crippen LogP contribution is -2.46. The number of rotatable bonds is 8. The van der Waals surface area contributed by atoms with Crippen LogP contribution in [0, 0.1) is 0 Å². The van der Waals surface area contributed by atoms with Crippen molar-refractivity contribution in [3.63, 3.8) is 0 Å². The number of nitrogens with one attached hydrogen (secondary N) is 1. The van der Waals surface area contributed by atoms with Crippen LogP contribution in [0.2, 0.25) is 0 Å². The van der Waals surface area contributed by atoms with Crippen LogP contribution in [-0.4, -0.2) is 42.5 Å². The lowest BCUT2D eigenvalue weighted by Gasteiger charge is -2.32. The highest BCUT2D eigenvalue weighted by Crippen LogP contribution is 2.14. The van der Waals surface area contributed by atoms with Gasteiger partial charge in [-0.15, -0.1) is 0 Å². The zero-order chi connectivity index (χ0) is 19.6. The number of ether oxygens (including phenoxy) is 1. The second-order valence-corrected chi connectivity index (χ2v) is 7.15. The molecule has 148 valence electrons. The van der Waals surface area contributed by atoms with Crippen LogP contribution in [0.15, 0.2) is 60.7 Å². The third kappa shape index (κ3) is 6.41. The molecule has 5 nitrogen and oxygen atoms in total. The number of likely N-dealkylation sites (tertiary alicyclic amines) is 1. The van der Waals surface area contributed by atoms with Crippen molar-refractivity contribution in [2.75, 3.05) is 19.7 Å². The summed E-state index contributed by atoms with van der Waals surface area (Å²) in [5, 5.41) is 3.10. The van der Waals surface area contributed by atoms with Crippen LogP contribution < -0.4 is 10.1 Å². The first-order valence-electron chi connectivity index (χ1n) is 9.99. The zero-order valence-corrected chi connectivity index (χ0v) is 16.2. The van der Waals surface area contributed by atoms with Gasteiger partial charge >= 0.3 is 0 Å². The number of benzene rings is 2. The lowest BCUT2D eigenvalue weighted by atomic mass is 10.0. The molecule has 1 heterocycles. The summed E-state index contributed by atoms with van der Waals surface area (Å²) in [7, 11) is 0. The number of hydrogen-bond acceptors (Lipinski definition) is 3. The van der Waals surface area contributed by atoms with Crippen molar-refractivity contribution in [3.05, 3.63) is 66.2 Å². The maximum atomic E-state index is 12.4. The summed E-state index contributed by atoms with van der Waals surface area (Å²) in [6.45, 7) is 1.95. The number of nitrogens with zero attached hydrogens (tertiary/aromatic N) is 1. The number of para-hydroxylation sites is 1. The quantitative estimate of drug-likeness (QED) is 0.716. The Bertz CT molecular complexity index is 741. The van der Waals surface area contributed by atoms with Crippen LogP contribution in [0.5, 0.6) is 5.75 Å². The van der Waals surface area contributed by atoms with Crippen molar-refractivity contribution in [2.24, 2.45) is 0 Å². The van der Waals surface area contributed by atoms with E-state index in [1.54, 1.807) is 0 Å². The monoisotopic (exact) mass is 380 g/mol. The van der Waals surface area contributed by atoms with E-state index in [0.717, 1.165) is 24.2 Å². The molecule has 0 saturated carbocycles. The third-order valence-electron chi connectivity index (χ3n) is 4.97. The van der Waals surface area contributed by atoms with Crippen molar-refractivity contribution >= 4 is 11.8 Å². The highest BCUT2D eigenvalue weighted by Gasteiger charge is 2.23. The maximum absolute atomic E-state index is 12.4. The molecule has 5 heteroatoms. The fraction of sp³-hybridized carbons (Fsp3) is 0.391. The fourth-order valence-corrected chi connectivity index (χ4v) is 3.42. The summed E-state index contributed by atoms with van der Waals surface area (Å²) in [6, 6.07) is 19.6. The molecule has 0 bridgehead atoms. The van der Waals surface area contributed by atoms with E-state index in [-0.39, 0.29) is 17.9 Å². The number of piperidine rings is 1. The number of amides is 2. The van der Waals surface area contributed by atoms with Gasteiger partial charge in [0.2, 0.25) is 11.8 Å². The Morgan fingerprint density at radius 2 is 1.61 bits per heavy atom. The Balaban J connectivity index is 1.31. The summed E-state index contributed by atoms with van der Waals surface area (Å²) in [4.78, 5) is 26.4. The molecule has 2 amide bonds. The van der Waals surface area contributed by atoms with Gasteiger partial charge in [-0.3, -0.25) is 9.59 Å². The summed E-state index contributed by atoms with van der Waals surface area (Å²) < 4.78 is 5.64. The highest BCUT2D eigenvalue weighted by atomic mass is 16.5. The normalized spacial score (nSPS) is 14.5. The van der Waals surface area contributed by atoms with Gasteiger partial charge in [0, 0.05) is 25.6 Å². The number of hydrogen-bond donors (Lipinski definition) is 1. The first kappa shape index (κ1) is 19.9. The Hall–Kier alpha value is -2.82. The third-order valence-corrected chi connectivity index (χ3v) is 4.97. The molecule has 1 fully saturated rings. The largest absolute Gasteiger partial charge is 0.494 e. The van der Waals surface area contributed by atoms with E-state index in [4.69, 9.17) is 4.74 Å². The van der Waals surface area contributed by atoms with Gasteiger partial charge in [0.05, 0.1) is 13.0 Å². The molecule has 0 radical (unpaired) electrons. The average molecular weight is 380 g/mol. The second kappa shape index (κ2) is 10.5. The molecule has 0 aromatic heterocycles. The van der Waals surface area contributed by atoms with E-state index in [9.17, 15) is 9.59 Å². The highest BCUT2D eigenvalue weighted by molar-refractivity contribution is 5.79. The molecule has 0 spiro atoms. The van der Waals surface area contributed by atoms with Crippen molar-refractivity contribution in [3.8, 4) is 5.75 Å². The van der Waals surface area contributed by atoms with E-state index in [0.29, 0.717) is 39.0 Å². The summed E-state index contributed by atoms with van der Waals surface area (Å²) >= 11 is 0. The van der Waals surface area contributed by atoms with Crippen molar-refractivity contribution < 1.29 is 14.3 Å². The second-order valence-electron chi connectivity index (χ2n) is 7.15. The van der Waals surface area contributed by atoms with Crippen LogP contribution in [0.3, 0.4) is 0 Å². The molecular formula is C23H28N2O3. The van der Waals surface area contributed by atoms with Gasteiger partial charge in [-0.05, 0) is 37.0 Å². The number of carbonyl (C=O) groups is 2. The van der Waals surface area contributed by atoms with E-state index in [1.165, 1.54) is 0 Å². The standard InChI is InChI=1S/C23H28N2O3/c26-22(18-19-8-3-1-4-9-19)24-20-13-15-25(16-14-20)23(27)12-7-17-28-21-10-5-2-6-11-21/h1-6,8-11,20H,7,12-18H2,(H,24,26). The Morgan fingerprint density at radius 1 is 0.964 bits per heavy atom. The van der Waals surface area contributed by atoms with Gasteiger partial charge in [-0.2, -0.15) is 0 Å². The molecule has 1 saturated heterocycles. The van der Waals surface area contributed by atoms with Gasteiger partial charge in [-0.1, -0.05) is 48.5 Å². The molecule has 28 heavy (non-hydrogen) atoms. The molecule has 0 unspecified atom stereocenters. The van der Waals surface area contributed by atoms with E-state index < -0.39 is 0 Å². The van der Waals surface area contributed by atoms with Crippen LogP contribution >= 0.6 is 0 Å². The average Bonchev–Trinajstić information content (AvgIpc) is 2.73. The first-order chi connectivity index (χ1) is 13.7. The number of carbonyl (C=O) groups excluding carboxylic acids is 2.